The number of thiazole rings is 1. The molecule has 2 heterocycles. The van der Waals surface area contributed by atoms with Crippen molar-refractivity contribution in [2.24, 2.45) is 0 Å². The van der Waals surface area contributed by atoms with Crippen LogP contribution in [0.2, 0.25) is 0 Å². The lowest BCUT2D eigenvalue weighted by atomic mass is 9.95. The molecule has 1 aromatic heterocycles. The zero-order valence-electron chi connectivity index (χ0n) is 21.1. The first kappa shape index (κ1) is 25.1. The van der Waals surface area contributed by atoms with Gasteiger partial charge in [-0.25, -0.2) is 4.98 Å². The van der Waals surface area contributed by atoms with Gasteiger partial charge >= 0.3 is 5.91 Å². The zero-order chi connectivity index (χ0) is 27.0. The third kappa shape index (κ3) is 4.18. The minimum atomic E-state index is -0.973. The van der Waals surface area contributed by atoms with E-state index in [1.54, 1.807) is 61.7 Å². The summed E-state index contributed by atoms with van der Waals surface area (Å²) < 4.78 is 22.1. The quantitative estimate of drug-likeness (QED) is 0.202. The summed E-state index contributed by atoms with van der Waals surface area (Å²) in [6.45, 7) is 0. The number of benzene rings is 3. The molecule has 0 radical (unpaired) electrons. The Morgan fingerprint density at radius 3 is 2.18 bits per heavy atom. The van der Waals surface area contributed by atoms with Gasteiger partial charge in [0.2, 0.25) is 0 Å². The molecule has 9 nitrogen and oxygen atoms in total. The van der Waals surface area contributed by atoms with Crippen LogP contribution in [0.1, 0.15) is 17.2 Å². The number of ether oxygens (including phenoxy) is 4. The molecule has 0 unspecified atom stereocenters. The van der Waals surface area contributed by atoms with E-state index in [-0.39, 0.29) is 11.3 Å². The number of methoxy groups -OCH3 is 4. The lowest BCUT2D eigenvalue weighted by molar-refractivity contribution is -0.132. The Labute approximate surface area is 222 Å². The van der Waals surface area contributed by atoms with Gasteiger partial charge in [-0.15, -0.1) is 0 Å². The lowest BCUT2D eigenvalue weighted by Gasteiger charge is -2.23. The molecule has 0 saturated carbocycles. The highest BCUT2D eigenvalue weighted by Crippen LogP contribution is 2.46. The smallest absolute Gasteiger partial charge is 0.301 e. The fraction of sp³-hybridized carbons (Fsp3) is 0.179. The molecule has 1 atom stereocenters. The van der Waals surface area contributed by atoms with Crippen LogP contribution in [0.4, 0.5) is 5.13 Å². The molecule has 0 aliphatic carbocycles. The first-order valence-corrected chi connectivity index (χ1v) is 12.3. The van der Waals surface area contributed by atoms with E-state index >= 15 is 0 Å². The number of rotatable bonds is 7. The topological polar surface area (TPSA) is 107 Å². The van der Waals surface area contributed by atoms with Gasteiger partial charge < -0.3 is 24.1 Å². The van der Waals surface area contributed by atoms with Crippen LogP contribution >= 0.6 is 11.3 Å². The Balaban J connectivity index is 1.72. The number of aromatic nitrogens is 1. The van der Waals surface area contributed by atoms with Crippen molar-refractivity contribution in [3.05, 3.63) is 77.4 Å². The van der Waals surface area contributed by atoms with E-state index in [2.05, 4.69) is 4.98 Å². The molecule has 10 heteroatoms. The van der Waals surface area contributed by atoms with E-state index in [4.69, 9.17) is 18.9 Å². The van der Waals surface area contributed by atoms with Crippen LogP contribution < -0.4 is 23.8 Å². The molecule has 38 heavy (non-hydrogen) atoms. The van der Waals surface area contributed by atoms with Crippen molar-refractivity contribution in [1.29, 1.82) is 0 Å². The molecular formula is C28H24N2O7S. The minimum Gasteiger partial charge on any atom is -0.507 e. The van der Waals surface area contributed by atoms with Crippen molar-refractivity contribution < 1.29 is 33.6 Å². The number of carbonyl (C=O) groups is 2. The summed E-state index contributed by atoms with van der Waals surface area (Å²) in [6.07, 6.45) is 0. The molecule has 5 rings (SSSR count). The number of carbonyl (C=O) groups excluding carboxylic acids is 2. The Morgan fingerprint density at radius 1 is 0.842 bits per heavy atom. The monoisotopic (exact) mass is 532 g/mol. The van der Waals surface area contributed by atoms with E-state index in [1.165, 1.54) is 37.6 Å². The maximum absolute atomic E-state index is 13.5. The maximum atomic E-state index is 13.5. The van der Waals surface area contributed by atoms with E-state index < -0.39 is 17.7 Å². The second-order valence-electron chi connectivity index (χ2n) is 8.34. The van der Waals surface area contributed by atoms with Crippen molar-refractivity contribution >= 4 is 44.1 Å². The number of hydrogen-bond acceptors (Lipinski definition) is 9. The van der Waals surface area contributed by atoms with Crippen molar-refractivity contribution in [1.82, 2.24) is 4.98 Å². The Morgan fingerprint density at radius 2 is 1.53 bits per heavy atom. The van der Waals surface area contributed by atoms with Crippen LogP contribution in [0.5, 0.6) is 23.0 Å². The second kappa shape index (κ2) is 10.1. The number of amides is 1. The summed E-state index contributed by atoms with van der Waals surface area (Å²) in [5.74, 6) is 0.190. The summed E-state index contributed by atoms with van der Waals surface area (Å²) in [5, 5.41) is 11.7. The first-order chi connectivity index (χ1) is 18.4. The molecule has 1 amide bonds. The third-order valence-electron chi connectivity index (χ3n) is 6.32. The number of anilines is 1. The van der Waals surface area contributed by atoms with E-state index in [0.29, 0.717) is 44.8 Å². The third-order valence-corrected chi connectivity index (χ3v) is 7.34. The van der Waals surface area contributed by atoms with Gasteiger partial charge in [0.1, 0.15) is 17.3 Å². The molecule has 1 saturated heterocycles. The largest absolute Gasteiger partial charge is 0.507 e. The van der Waals surface area contributed by atoms with Crippen molar-refractivity contribution in [3.63, 3.8) is 0 Å². The Hall–Kier alpha value is -4.57. The molecular weight excluding hydrogens is 508 g/mol. The molecule has 0 spiro atoms. The normalized spacial score (nSPS) is 16.6. The van der Waals surface area contributed by atoms with Gasteiger partial charge in [0, 0.05) is 5.56 Å². The van der Waals surface area contributed by atoms with Gasteiger partial charge in [-0.05, 0) is 60.2 Å². The number of fused-ring (bicyclic) bond motifs is 1. The predicted octanol–water partition coefficient (Wildman–Crippen LogP) is 4.96. The van der Waals surface area contributed by atoms with Gasteiger partial charge in [0.15, 0.2) is 16.6 Å². The molecule has 0 bridgehead atoms. The Bertz CT molecular complexity index is 1580. The number of nitrogens with zero attached hydrogens (tertiary/aromatic N) is 2. The number of aliphatic hydroxyl groups excluding tert-OH is 1. The van der Waals surface area contributed by atoms with Crippen LogP contribution in [-0.4, -0.2) is 50.2 Å². The summed E-state index contributed by atoms with van der Waals surface area (Å²) in [7, 11) is 6.11. The average Bonchev–Trinajstić information content (AvgIpc) is 3.49. The fourth-order valence-electron chi connectivity index (χ4n) is 4.40. The van der Waals surface area contributed by atoms with Gasteiger partial charge in [0.05, 0.1) is 50.3 Å². The lowest BCUT2D eigenvalue weighted by Crippen LogP contribution is -2.29. The van der Waals surface area contributed by atoms with Crippen molar-refractivity contribution in [2.75, 3.05) is 33.3 Å². The van der Waals surface area contributed by atoms with Crippen molar-refractivity contribution in [3.8, 4) is 23.0 Å². The summed E-state index contributed by atoms with van der Waals surface area (Å²) in [4.78, 5) is 32.9. The number of hydrogen-bond donors (Lipinski definition) is 1. The van der Waals surface area contributed by atoms with E-state index in [1.807, 2.05) is 6.07 Å². The second-order valence-corrected chi connectivity index (χ2v) is 9.35. The first-order valence-electron chi connectivity index (χ1n) is 11.5. The molecule has 3 aromatic carbocycles. The van der Waals surface area contributed by atoms with Gasteiger partial charge in [-0.3, -0.25) is 14.5 Å². The highest BCUT2D eigenvalue weighted by atomic mass is 32.1. The number of aliphatic hydroxyl groups is 1. The minimum absolute atomic E-state index is 0.0655. The van der Waals surface area contributed by atoms with Gasteiger partial charge in [0.25, 0.3) is 5.78 Å². The summed E-state index contributed by atoms with van der Waals surface area (Å²) >= 11 is 1.25. The highest BCUT2D eigenvalue weighted by Gasteiger charge is 2.48. The number of Topliss-reactive ketones (excluding diaryl/α,β-unsaturated/α-hetero) is 1. The Kier molecular flexibility index (Phi) is 6.64. The molecule has 1 aliphatic rings. The van der Waals surface area contributed by atoms with Crippen LogP contribution in [0.15, 0.2) is 66.2 Å². The van der Waals surface area contributed by atoms with Gasteiger partial charge in [-0.2, -0.15) is 0 Å². The molecule has 1 fully saturated rings. The van der Waals surface area contributed by atoms with E-state index in [9.17, 15) is 14.7 Å². The van der Waals surface area contributed by atoms with Crippen LogP contribution in [-0.2, 0) is 9.59 Å². The summed E-state index contributed by atoms with van der Waals surface area (Å²) in [5.41, 5.74) is 1.48. The zero-order valence-corrected chi connectivity index (χ0v) is 21.9. The van der Waals surface area contributed by atoms with E-state index in [0.717, 1.165) is 4.70 Å². The van der Waals surface area contributed by atoms with Crippen LogP contribution in [0.25, 0.3) is 16.0 Å². The van der Waals surface area contributed by atoms with Crippen LogP contribution in [0.3, 0.4) is 0 Å². The maximum Gasteiger partial charge on any atom is 0.301 e. The molecule has 194 valence electrons. The van der Waals surface area contributed by atoms with Gasteiger partial charge in [-0.1, -0.05) is 17.4 Å². The standard InChI is InChI=1S/C28H24N2O7S/c1-34-17-8-5-15(6-9-17)25(31)23-24(16-7-12-20(36-3)21(13-16)37-4)30(27(33)26(23)32)28-29-19-11-10-18(35-2)14-22(19)38-28/h5-14,24,31H,1-4H3/t24-/m0/s1. The predicted molar refractivity (Wildman–Crippen MR) is 143 cm³/mol. The highest BCUT2D eigenvalue weighted by molar-refractivity contribution is 7.22. The molecule has 1 N–H and O–H groups in total. The molecule has 4 aromatic rings. The van der Waals surface area contributed by atoms with Crippen LogP contribution in [0, 0.1) is 0 Å². The SMILES string of the molecule is COc1ccc(C(O)=C2C(=O)C(=O)N(c3nc4ccc(OC)cc4s3)[C@H]2c2ccc(OC)c(OC)c2)cc1. The number of ketones is 1. The van der Waals surface area contributed by atoms with Crippen molar-refractivity contribution in [2.45, 2.75) is 6.04 Å². The molecule has 1 aliphatic heterocycles. The average molecular weight is 533 g/mol. The fourth-order valence-corrected chi connectivity index (χ4v) is 5.42. The summed E-state index contributed by atoms with van der Waals surface area (Å²) in [6, 6.07) is 16.1.